The van der Waals surface area contributed by atoms with Gasteiger partial charge in [0.05, 0.1) is 22.5 Å². The minimum absolute atomic E-state index is 0.150. The summed E-state index contributed by atoms with van der Waals surface area (Å²) in [6.07, 6.45) is 0.980. The van der Waals surface area contributed by atoms with E-state index < -0.39 is 0 Å². The third kappa shape index (κ3) is 4.07. The average Bonchev–Trinajstić information content (AvgIpc) is 2.60. The molecular formula is C13H24BrN3O. The van der Waals surface area contributed by atoms with Crippen LogP contribution in [0.5, 0.6) is 0 Å². The molecule has 1 aromatic heterocycles. The quantitative estimate of drug-likeness (QED) is 0.812. The van der Waals surface area contributed by atoms with E-state index in [9.17, 15) is 5.11 Å². The smallest absolute Gasteiger partial charge is 0.0739 e. The molecule has 18 heavy (non-hydrogen) atoms. The van der Waals surface area contributed by atoms with Crippen LogP contribution in [0.25, 0.3) is 0 Å². The molecule has 0 saturated carbocycles. The second-order valence-corrected chi connectivity index (χ2v) is 5.84. The van der Waals surface area contributed by atoms with E-state index in [-0.39, 0.29) is 12.6 Å². The van der Waals surface area contributed by atoms with Gasteiger partial charge in [-0.15, -0.1) is 0 Å². The summed E-state index contributed by atoms with van der Waals surface area (Å²) in [5.74, 6) is 0.580. The molecular weight excluding hydrogens is 294 g/mol. The highest BCUT2D eigenvalue weighted by Gasteiger charge is 2.14. The van der Waals surface area contributed by atoms with Crippen LogP contribution < -0.4 is 5.32 Å². The molecule has 4 nitrogen and oxygen atoms in total. The van der Waals surface area contributed by atoms with Crippen LogP contribution in [0.1, 0.15) is 38.6 Å². The number of hydrogen-bond donors (Lipinski definition) is 2. The second-order valence-electron chi connectivity index (χ2n) is 5.05. The van der Waals surface area contributed by atoms with Gasteiger partial charge in [0.25, 0.3) is 0 Å². The predicted molar refractivity (Wildman–Crippen MR) is 77.5 cm³/mol. The van der Waals surface area contributed by atoms with Crippen molar-refractivity contribution in [3.63, 3.8) is 0 Å². The Kier molecular flexibility index (Phi) is 6.32. The maximum absolute atomic E-state index is 9.36. The number of aliphatic hydroxyl groups excluding tert-OH is 1. The zero-order chi connectivity index (χ0) is 13.7. The summed E-state index contributed by atoms with van der Waals surface area (Å²) >= 11 is 3.58. The number of nitrogens with zero attached hydrogens (tertiary/aromatic N) is 2. The van der Waals surface area contributed by atoms with Gasteiger partial charge in [-0.2, -0.15) is 5.10 Å². The molecule has 0 aliphatic carbocycles. The van der Waals surface area contributed by atoms with Crippen molar-refractivity contribution in [1.29, 1.82) is 0 Å². The Morgan fingerprint density at radius 1 is 1.44 bits per heavy atom. The second kappa shape index (κ2) is 7.26. The fourth-order valence-corrected chi connectivity index (χ4v) is 2.49. The zero-order valence-corrected chi connectivity index (χ0v) is 13.3. The minimum Gasteiger partial charge on any atom is -0.395 e. The molecule has 1 rings (SSSR count). The Morgan fingerprint density at radius 2 is 2.11 bits per heavy atom. The summed E-state index contributed by atoms with van der Waals surface area (Å²) in [4.78, 5) is 0. The van der Waals surface area contributed by atoms with Gasteiger partial charge >= 0.3 is 0 Å². The van der Waals surface area contributed by atoms with E-state index in [1.165, 1.54) is 0 Å². The lowest BCUT2D eigenvalue weighted by molar-refractivity contribution is 0.222. The molecule has 1 aromatic rings. The first-order valence-electron chi connectivity index (χ1n) is 6.55. The van der Waals surface area contributed by atoms with Crippen molar-refractivity contribution in [2.24, 2.45) is 5.92 Å². The van der Waals surface area contributed by atoms with E-state index in [2.05, 4.69) is 47.1 Å². The lowest BCUT2D eigenvalue weighted by atomic mass is 10.0. The van der Waals surface area contributed by atoms with Crippen molar-refractivity contribution in [1.82, 2.24) is 15.1 Å². The molecule has 1 atom stereocenters. The number of halogens is 1. The summed E-state index contributed by atoms with van der Waals surface area (Å²) in [7, 11) is 0. The highest BCUT2D eigenvalue weighted by molar-refractivity contribution is 9.10. The van der Waals surface area contributed by atoms with Crippen LogP contribution in [-0.4, -0.2) is 27.5 Å². The summed E-state index contributed by atoms with van der Waals surface area (Å²) in [6, 6.07) is 0.150. The first kappa shape index (κ1) is 15.7. The number of nitrogens with one attached hydrogen (secondary N) is 1. The van der Waals surface area contributed by atoms with Crippen LogP contribution in [0, 0.1) is 12.8 Å². The monoisotopic (exact) mass is 317 g/mol. The first-order chi connectivity index (χ1) is 8.49. The van der Waals surface area contributed by atoms with Gasteiger partial charge in [-0.25, -0.2) is 0 Å². The molecule has 0 aromatic carbocycles. The standard InChI is InChI=1S/C13H24BrN3O/c1-5-17-12(13(14)10(4)16-17)7-15-11(8-18)6-9(2)3/h9,11,15,18H,5-8H2,1-4H3. The normalized spacial score (nSPS) is 13.3. The predicted octanol–water partition coefficient (Wildman–Crippen LogP) is 2.47. The fourth-order valence-electron chi connectivity index (χ4n) is 2.07. The molecule has 5 heteroatoms. The molecule has 0 fully saturated rings. The van der Waals surface area contributed by atoms with Crippen molar-refractivity contribution >= 4 is 15.9 Å². The van der Waals surface area contributed by atoms with Gasteiger partial charge in [0.1, 0.15) is 0 Å². The Morgan fingerprint density at radius 3 is 2.61 bits per heavy atom. The number of hydrogen-bond acceptors (Lipinski definition) is 3. The molecule has 0 spiro atoms. The minimum atomic E-state index is 0.150. The van der Waals surface area contributed by atoms with E-state index in [1.54, 1.807) is 0 Å². The topological polar surface area (TPSA) is 50.1 Å². The molecule has 0 aliphatic rings. The van der Waals surface area contributed by atoms with Crippen LogP contribution in [-0.2, 0) is 13.1 Å². The molecule has 1 heterocycles. The highest BCUT2D eigenvalue weighted by Crippen LogP contribution is 2.21. The Hall–Kier alpha value is -0.390. The summed E-state index contributed by atoms with van der Waals surface area (Å²) in [5, 5.41) is 17.2. The van der Waals surface area contributed by atoms with Crippen molar-refractivity contribution in [2.75, 3.05) is 6.61 Å². The van der Waals surface area contributed by atoms with E-state index in [0.717, 1.165) is 35.4 Å². The van der Waals surface area contributed by atoms with Gasteiger partial charge < -0.3 is 10.4 Å². The van der Waals surface area contributed by atoms with E-state index in [4.69, 9.17) is 0 Å². The summed E-state index contributed by atoms with van der Waals surface area (Å²) < 4.78 is 3.06. The van der Waals surface area contributed by atoms with Gasteiger partial charge in [-0.3, -0.25) is 4.68 Å². The molecule has 0 saturated heterocycles. The summed E-state index contributed by atoms with van der Waals surface area (Å²) in [6.45, 7) is 10.2. The Labute approximate surface area is 118 Å². The number of aryl methyl sites for hydroxylation is 2. The van der Waals surface area contributed by atoms with Gasteiger partial charge in [0.15, 0.2) is 0 Å². The molecule has 1 unspecified atom stereocenters. The first-order valence-corrected chi connectivity index (χ1v) is 7.34. The largest absolute Gasteiger partial charge is 0.395 e. The third-order valence-electron chi connectivity index (χ3n) is 2.99. The van der Waals surface area contributed by atoms with Gasteiger partial charge in [-0.05, 0) is 42.1 Å². The van der Waals surface area contributed by atoms with Gasteiger partial charge in [0, 0.05) is 19.1 Å². The van der Waals surface area contributed by atoms with Crippen molar-refractivity contribution in [2.45, 2.75) is 53.2 Å². The highest BCUT2D eigenvalue weighted by atomic mass is 79.9. The van der Waals surface area contributed by atoms with Crippen LogP contribution in [0.4, 0.5) is 0 Å². The average molecular weight is 318 g/mol. The third-order valence-corrected chi connectivity index (χ3v) is 4.02. The van der Waals surface area contributed by atoms with Crippen LogP contribution in [0.2, 0.25) is 0 Å². The molecule has 2 N–H and O–H groups in total. The van der Waals surface area contributed by atoms with Gasteiger partial charge in [0.2, 0.25) is 0 Å². The van der Waals surface area contributed by atoms with Crippen LogP contribution in [0.3, 0.4) is 0 Å². The molecule has 104 valence electrons. The van der Waals surface area contributed by atoms with Crippen molar-refractivity contribution in [3.8, 4) is 0 Å². The van der Waals surface area contributed by atoms with Crippen molar-refractivity contribution < 1.29 is 5.11 Å². The lowest BCUT2D eigenvalue weighted by Crippen LogP contribution is -2.34. The number of aliphatic hydroxyl groups is 1. The molecule has 0 amide bonds. The number of aromatic nitrogens is 2. The maximum Gasteiger partial charge on any atom is 0.0739 e. The maximum atomic E-state index is 9.36. The zero-order valence-electron chi connectivity index (χ0n) is 11.7. The van der Waals surface area contributed by atoms with Gasteiger partial charge in [-0.1, -0.05) is 13.8 Å². The van der Waals surface area contributed by atoms with Crippen LogP contribution in [0.15, 0.2) is 4.47 Å². The Balaban J connectivity index is 2.67. The number of rotatable bonds is 7. The van der Waals surface area contributed by atoms with E-state index >= 15 is 0 Å². The van der Waals surface area contributed by atoms with E-state index in [0.29, 0.717) is 5.92 Å². The summed E-state index contributed by atoms with van der Waals surface area (Å²) in [5.41, 5.74) is 2.16. The molecule has 0 bridgehead atoms. The Bertz CT molecular complexity index is 377. The lowest BCUT2D eigenvalue weighted by Gasteiger charge is -2.18. The van der Waals surface area contributed by atoms with Crippen molar-refractivity contribution in [3.05, 3.63) is 15.9 Å². The van der Waals surface area contributed by atoms with Crippen LogP contribution >= 0.6 is 15.9 Å². The van der Waals surface area contributed by atoms with E-state index in [1.807, 2.05) is 11.6 Å². The fraction of sp³-hybridized carbons (Fsp3) is 0.769. The SMILES string of the molecule is CCn1nc(C)c(Br)c1CNC(CO)CC(C)C. The molecule has 0 aliphatic heterocycles. The molecule has 0 radical (unpaired) electrons.